The number of carbonyl (C=O) groups is 2. The Kier molecular flexibility index (Phi) is 5.66. The van der Waals surface area contributed by atoms with E-state index < -0.39 is 12.0 Å². The summed E-state index contributed by atoms with van der Waals surface area (Å²) in [6.07, 6.45) is 1.67. The number of carbonyl (C=O) groups excluding carboxylic acids is 2. The fourth-order valence-electron chi connectivity index (χ4n) is 2.67. The number of aryl methyl sites for hydroxylation is 1. The molecule has 0 spiro atoms. The number of pyridine rings is 1. The summed E-state index contributed by atoms with van der Waals surface area (Å²) >= 11 is 1.46. The van der Waals surface area contributed by atoms with Crippen molar-refractivity contribution in [2.75, 3.05) is 0 Å². The Morgan fingerprint density at radius 3 is 2.85 bits per heavy atom. The van der Waals surface area contributed by atoms with Crippen LogP contribution in [0.3, 0.4) is 0 Å². The van der Waals surface area contributed by atoms with Crippen LogP contribution in [-0.4, -0.2) is 21.3 Å². The van der Waals surface area contributed by atoms with Gasteiger partial charge in [-0.1, -0.05) is 6.07 Å². The molecule has 0 saturated carbocycles. The Labute approximate surface area is 159 Å². The third-order valence-electron chi connectivity index (χ3n) is 3.89. The van der Waals surface area contributed by atoms with Gasteiger partial charge in [-0.2, -0.15) is 0 Å². The highest BCUT2D eigenvalue weighted by Crippen LogP contribution is 2.22. The highest BCUT2D eigenvalue weighted by Gasteiger charge is 2.19. The molecule has 7 nitrogen and oxygen atoms in total. The third kappa shape index (κ3) is 4.79. The highest BCUT2D eigenvalue weighted by atomic mass is 32.1. The molecule has 3 rings (SSSR count). The first-order chi connectivity index (χ1) is 12.9. The van der Waals surface area contributed by atoms with Crippen LogP contribution in [0.25, 0.3) is 5.65 Å². The van der Waals surface area contributed by atoms with Crippen LogP contribution in [-0.2, 0) is 20.9 Å². The maximum atomic E-state index is 12.2. The van der Waals surface area contributed by atoms with Crippen LogP contribution in [0.15, 0.2) is 46.7 Å². The lowest BCUT2D eigenvalue weighted by Gasteiger charge is -2.15. The van der Waals surface area contributed by atoms with E-state index in [-0.39, 0.29) is 24.5 Å². The molecule has 140 valence electrons. The van der Waals surface area contributed by atoms with E-state index >= 15 is 0 Å². The van der Waals surface area contributed by atoms with E-state index in [1.165, 1.54) is 28.7 Å². The van der Waals surface area contributed by atoms with Crippen molar-refractivity contribution in [3.8, 4) is 0 Å². The van der Waals surface area contributed by atoms with Gasteiger partial charge in [0.1, 0.15) is 12.3 Å². The van der Waals surface area contributed by atoms with Crippen LogP contribution in [0.1, 0.15) is 35.5 Å². The summed E-state index contributed by atoms with van der Waals surface area (Å²) < 4.78 is 6.71. The molecule has 1 unspecified atom stereocenters. The predicted octanol–water partition coefficient (Wildman–Crippen LogP) is 2.38. The number of rotatable bonds is 6. The predicted molar refractivity (Wildman–Crippen MR) is 101 cm³/mol. The molecule has 3 aromatic rings. The fourth-order valence-corrected chi connectivity index (χ4v) is 3.44. The largest absolute Gasteiger partial charge is 0.459 e. The lowest BCUT2D eigenvalue weighted by molar-refractivity contribution is -0.145. The van der Waals surface area contributed by atoms with E-state index in [9.17, 15) is 14.4 Å². The number of esters is 1. The Morgan fingerprint density at radius 2 is 2.15 bits per heavy atom. The summed E-state index contributed by atoms with van der Waals surface area (Å²) in [6, 6.07) is 8.23. The van der Waals surface area contributed by atoms with Gasteiger partial charge in [0, 0.05) is 24.1 Å². The minimum Gasteiger partial charge on any atom is -0.459 e. The van der Waals surface area contributed by atoms with E-state index in [0.29, 0.717) is 11.3 Å². The van der Waals surface area contributed by atoms with Gasteiger partial charge in [0.25, 0.3) is 5.56 Å². The smallest absolute Gasteiger partial charge is 0.308 e. The van der Waals surface area contributed by atoms with Crippen molar-refractivity contribution < 1.29 is 14.3 Å². The van der Waals surface area contributed by atoms with Crippen LogP contribution >= 0.6 is 11.3 Å². The summed E-state index contributed by atoms with van der Waals surface area (Å²) in [5, 5.41) is 4.63. The number of hydrogen-bond acceptors (Lipinski definition) is 6. The molecule has 0 fully saturated rings. The third-order valence-corrected chi connectivity index (χ3v) is 4.88. The lowest BCUT2D eigenvalue weighted by Crippen LogP contribution is -2.28. The van der Waals surface area contributed by atoms with Gasteiger partial charge in [-0.25, -0.2) is 4.98 Å². The van der Waals surface area contributed by atoms with E-state index in [1.54, 1.807) is 12.3 Å². The van der Waals surface area contributed by atoms with Gasteiger partial charge in [-0.15, -0.1) is 11.3 Å². The number of thiophene rings is 1. The van der Waals surface area contributed by atoms with Crippen LogP contribution in [0.2, 0.25) is 0 Å². The fraction of sp³-hybridized carbons (Fsp3) is 0.263. The van der Waals surface area contributed by atoms with Crippen LogP contribution in [0, 0.1) is 6.92 Å². The lowest BCUT2D eigenvalue weighted by atomic mass is 10.1. The second-order valence-corrected chi connectivity index (χ2v) is 7.13. The maximum Gasteiger partial charge on any atom is 0.308 e. The molecule has 8 heteroatoms. The van der Waals surface area contributed by atoms with E-state index in [4.69, 9.17) is 4.74 Å². The maximum absolute atomic E-state index is 12.2. The number of fused-ring (bicyclic) bond motifs is 1. The molecule has 1 atom stereocenters. The van der Waals surface area contributed by atoms with Gasteiger partial charge >= 0.3 is 5.97 Å². The topological polar surface area (TPSA) is 89.8 Å². The number of ether oxygens (including phenoxy) is 1. The first kappa shape index (κ1) is 18.8. The molecular weight excluding hydrogens is 366 g/mol. The molecule has 0 saturated heterocycles. The SMILES string of the molecule is CC(=O)NC(CC(=O)OCc1cc(=O)n2ccc(C)cc2n1)c1cccs1. The van der Waals surface area contributed by atoms with Crippen LogP contribution < -0.4 is 10.9 Å². The molecule has 0 aliphatic heterocycles. The van der Waals surface area contributed by atoms with Crippen LogP contribution in [0.4, 0.5) is 0 Å². The average molecular weight is 385 g/mol. The van der Waals surface area contributed by atoms with E-state index in [2.05, 4.69) is 10.3 Å². The Balaban J connectivity index is 1.68. The number of aromatic nitrogens is 2. The van der Waals surface area contributed by atoms with E-state index in [0.717, 1.165) is 10.4 Å². The monoisotopic (exact) mass is 385 g/mol. The van der Waals surface area contributed by atoms with Crippen molar-refractivity contribution in [3.63, 3.8) is 0 Å². The highest BCUT2D eigenvalue weighted by molar-refractivity contribution is 7.10. The molecule has 1 amide bonds. The minimum atomic E-state index is -0.478. The normalized spacial score (nSPS) is 11.9. The molecule has 1 N–H and O–H groups in total. The molecule has 0 aliphatic rings. The number of nitrogens with zero attached hydrogens (tertiary/aromatic N) is 2. The zero-order valence-electron chi connectivity index (χ0n) is 15.0. The van der Waals surface area contributed by atoms with Crippen molar-refractivity contribution in [2.24, 2.45) is 0 Å². The zero-order chi connectivity index (χ0) is 19.4. The molecular formula is C19H19N3O4S. The van der Waals surface area contributed by atoms with Crippen molar-refractivity contribution in [2.45, 2.75) is 32.9 Å². The molecule has 0 aliphatic carbocycles. The van der Waals surface area contributed by atoms with Gasteiger partial charge in [-0.05, 0) is 36.1 Å². The first-order valence-corrected chi connectivity index (χ1v) is 9.25. The Morgan fingerprint density at radius 1 is 1.33 bits per heavy atom. The minimum absolute atomic E-state index is 0.00572. The van der Waals surface area contributed by atoms with Crippen molar-refractivity contribution >= 4 is 28.9 Å². The van der Waals surface area contributed by atoms with Crippen LogP contribution in [0.5, 0.6) is 0 Å². The van der Waals surface area contributed by atoms with Gasteiger partial charge in [0.15, 0.2) is 0 Å². The van der Waals surface area contributed by atoms with Crippen molar-refractivity contribution in [3.05, 3.63) is 68.4 Å². The first-order valence-electron chi connectivity index (χ1n) is 8.37. The summed E-state index contributed by atoms with van der Waals surface area (Å²) in [4.78, 5) is 41.0. The number of nitrogens with one attached hydrogen (secondary N) is 1. The second kappa shape index (κ2) is 8.13. The standard InChI is InChI=1S/C19H19N3O4S/c1-12-5-6-22-17(8-12)21-14(9-18(22)24)11-26-19(25)10-15(20-13(2)23)16-4-3-7-27-16/h3-9,15H,10-11H2,1-2H3,(H,20,23). The second-order valence-electron chi connectivity index (χ2n) is 6.15. The average Bonchev–Trinajstić information content (AvgIpc) is 3.13. The summed E-state index contributed by atoms with van der Waals surface area (Å²) in [5.41, 5.74) is 1.63. The molecule has 0 bridgehead atoms. The number of hydrogen-bond donors (Lipinski definition) is 1. The van der Waals surface area contributed by atoms with Gasteiger partial charge in [0.05, 0.1) is 18.2 Å². The molecule has 0 aromatic carbocycles. The number of amides is 1. The van der Waals surface area contributed by atoms with Gasteiger partial charge in [0.2, 0.25) is 5.91 Å². The molecule has 3 heterocycles. The van der Waals surface area contributed by atoms with Crippen molar-refractivity contribution in [1.82, 2.24) is 14.7 Å². The molecule has 27 heavy (non-hydrogen) atoms. The Hall–Kier alpha value is -3.00. The summed E-state index contributed by atoms with van der Waals surface area (Å²) in [7, 11) is 0. The van der Waals surface area contributed by atoms with E-state index in [1.807, 2.05) is 30.5 Å². The summed E-state index contributed by atoms with van der Waals surface area (Å²) in [5.74, 6) is -0.700. The zero-order valence-corrected chi connectivity index (χ0v) is 15.8. The molecule has 0 radical (unpaired) electrons. The van der Waals surface area contributed by atoms with Crippen molar-refractivity contribution in [1.29, 1.82) is 0 Å². The quantitative estimate of drug-likeness (QED) is 0.658. The Bertz CT molecular complexity index is 1030. The molecule has 3 aromatic heterocycles. The summed E-state index contributed by atoms with van der Waals surface area (Å²) in [6.45, 7) is 3.21. The van der Waals surface area contributed by atoms with Gasteiger partial charge < -0.3 is 10.1 Å². The van der Waals surface area contributed by atoms with Gasteiger partial charge in [-0.3, -0.25) is 18.8 Å².